The van der Waals surface area contributed by atoms with Crippen molar-refractivity contribution >= 4 is 11.6 Å². The normalized spacial score (nSPS) is 12.2. The van der Waals surface area contributed by atoms with E-state index in [9.17, 15) is 9.60 Å². The molecule has 0 radical (unpaired) electrons. The highest BCUT2D eigenvalue weighted by Gasteiger charge is 2.27. The van der Waals surface area contributed by atoms with Crippen LogP contribution in [0.2, 0.25) is 5.02 Å². The molecule has 0 saturated heterocycles. The number of rotatable bonds is 7. The number of tetrazole rings is 1. The largest absolute Gasteiger partial charge is 0.618 e. The van der Waals surface area contributed by atoms with Crippen LogP contribution in [-0.2, 0) is 13.6 Å². The molecule has 39 heavy (non-hydrogen) atoms. The number of aryl methyl sites for hydroxylation is 1. The quantitative estimate of drug-likeness (QED) is 0.221. The van der Waals surface area contributed by atoms with Gasteiger partial charge in [-0.1, -0.05) is 11.6 Å². The highest BCUT2D eigenvalue weighted by atomic mass is 35.5. The standard InChI is InChI=1S/C24H18ClF2N11O/c1-34-13-28-8-21(34)16-6-31-36(9-16)22(12-35-11-17(26)7-30-35)19-4-2-15(10-38(19)39)23-20(37-14-29-32-33-37)5-3-18(25)24(23)27/h2-11,13-14,22H,12H2,1H3/t22-/m0/s1. The molecule has 0 spiro atoms. The zero-order valence-electron chi connectivity index (χ0n) is 20.2. The molecule has 0 unspecified atom stereocenters. The maximum atomic E-state index is 15.3. The van der Waals surface area contributed by atoms with Crippen LogP contribution in [0.1, 0.15) is 11.7 Å². The number of hydrogen-bond donors (Lipinski definition) is 0. The third-order valence-corrected chi connectivity index (χ3v) is 6.53. The first-order chi connectivity index (χ1) is 18.9. The van der Waals surface area contributed by atoms with E-state index in [0.717, 1.165) is 17.5 Å². The molecule has 0 N–H and O–H groups in total. The van der Waals surface area contributed by atoms with E-state index in [-0.39, 0.29) is 28.4 Å². The SMILES string of the molecule is Cn1cncc1-c1cnn([C@@H](Cn2cc(F)cn2)c2ccc(-c3c(-n4cnnn4)ccc(Cl)c3F)c[n+]2[O-])c1. The van der Waals surface area contributed by atoms with E-state index < -0.39 is 17.7 Å². The Bertz CT molecular complexity index is 1780. The van der Waals surface area contributed by atoms with Crippen LogP contribution in [0.3, 0.4) is 0 Å². The van der Waals surface area contributed by atoms with Crippen molar-refractivity contribution in [2.24, 2.45) is 7.05 Å². The van der Waals surface area contributed by atoms with Gasteiger partial charge in [-0.15, -0.1) is 5.10 Å². The Labute approximate surface area is 223 Å². The number of nitrogens with zero attached hydrogens (tertiary/aromatic N) is 11. The van der Waals surface area contributed by atoms with Crippen molar-refractivity contribution in [2.45, 2.75) is 12.6 Å². The minimum atomic E-state index is -0.728. The monoisotopic (exact) mass is 549 g/mol. The van der Waals surface area contributed by atoms with Crippen molar-refractivity contribution < 1.29 is 13.5 Å². The van der Waals surface area contributed by atoms with Gasteiger partial charge >= 0.3 is 0 Å². The van der Waals surface area contributed by atoms with Gasteiger partial charge in [-0.2, -0.15) is 19.6 Å². The van der Waals surface area contributed by atoms with Gasteiger partial charge in [0.1, 0.15) is 6.33 Å². The summed E-state index contributed by atoms with van der Waals surface area (Å²) in [5.41, 5.74) is 2.45. The summed E-state index contributed by atoms with van der Waals surface area (Å²) >= 11 is 6.07. The van der Waals surface area contributed by atoms with Gasteiger partial charge < -0.3 is 9.77 Å². The van der Waals surface area contributed by atoms with Crippen LogP contribution in [0.5, 0.6) is 0 Å². The average molecular weight is 550 g/mol. The number of benzene rings is 1. The zero-order valence-corrected chi connectivity index (χ0v) is 20.9. The zero-order chi connectivity index (χ0) is 27.1. The molecule has 15 heteroatoms. The third kappa shape index (κ3) is 4.50. The molecule has 6 aromatic rings. The van der Waals surface area contributed by atoms with Gasteiger partial charge in [0.25, 0.3) is 0 Å². The summed E-state index contributed by atoms with van der Waals surface area (Å²) < 4.78 is 35.7. The molecular weight excluding hydrogens is 532 g/mol. The predicted octanol–water partition coefficient (Wildman–Crippen LogP) is 2.98. The first-order valence-electron chi connectivity index (χ1n) is 11.5. The number of pyridine rings is 1. The van der Waals surface area contributed by atoms with Gasteiger partial charge in [-0.3, -0.25) is 9.36 Å². The van der Waals surface area contributed by atoms with E-state index in [1.165, 1.54) is 34.2 Å². The Morgan fingerprint density at radius 2 is 1.90 bits per heavy atom. The van der Waals surface area contributed by atoms with E-state index in [1.54, 1.807) is 47.8 Å². The lowest BCUT2D eigenvalue weighted by Crippen LogP contribution is -2.37. The second-order valence-electron chi connectivity index (χ2n) is 8.67. The molecule has 1 aromatic carbocycles. The molecule has 196 valence electrons. The van der Waals surface area contributed by atoms with Crippen LogP contribution in [0.4, 0.5) is 8.78 Å². The summed E-state index contributed by atoms with van der Waals surface area (Å²) in [6.45, 7) is 0.0966. The van der Waals surface area contributed by atoms with Crippen molar-refractivity contribution in [3.05, 3.63) is 102 Å². The Morgan fingerprint density at radius 1 is 1.03 bits per heavy atom. The van der Waals surface area contributed by atoms with Gasteiger partial charge in [-0.05, 0) is 28.6 Å². The number of imidazole rings is 1. The van der Waals surface area contributed by atoms with Crippen LogP contribution < -0.4 is 4.73 Å². The van der Waals surface area contributed by atoms with Crippen LogP contribution in [-0.4, -0.2) is 49.3 Å². The van der Waals surface area contributed by atoms with E-state index in [4.69, 9.17) is 11.6 Å². The van der Waals surface area contributed by atoms with Crippen molar-refractivity contribution in [3.63, 3.8) is 0 Å². The lowest BCUT2D eigenvalue weighted by molar-refractivity contribution is -0.615. The molecule has 6 rings (SSSR count). The average Bonchev–Trinajstić information content (AvgIpc) is 3.73. The Hall–Kier alpha value is -4.98. The molecule has 5 heterocycles. The van der Waals surface area contributed by atoms with Crippen molar-refractivity contribution in [1.82, 2.24) is 49.3 Å². The molecule has 0 amide bonds. The number of hydrogen-bond acceptors (Lipinski definition) is 7. The fourth-order valence-electron chi connectivity index (χ4n) is 4.38. The lowest BCUT2D eigenvalue weighted by atomic mass is 10.0. The van der Waals surface area contributed by atoms with Gasteiger partial charge in [0.2, 0.25) is 5.69 Å². The van der Waals surface area contributed by atoms with E-state index >= 15 is 4.39 Å². The lowest BCUT2D eigenvalue weighted by Gasteiger charge is -2.18. The molecule has 1 atom stereocenters. The first-order valence-corrected chi connectivity index (χ1v) is 11.9. The van der Waals surface area contributed by atoms with Gasteiger partial charge in [-0.25, -0.2) is 13.8 Å². The van der Waals surface area contributed by atoms with Gasteiger partial charge in [0.05, 0.1) is 65.2 Å². The third-order valence-electron chi connectivity index (χ3n) is 6.24. The van der Waals surface area contributed by atoms with E-state index in [2.05, 4.69) is 30.7 Å². The molecule has 12 nitrogen and oxygen atoms in total. The fraction of sp³-hybridized carbons (Fsp3) is 0.125. The Kier molecular flexibility index (Phi) is 6.07. The molecule has 0 fully saturated rings. The predicted molar refractivity (Wildman–Crippen MR) is 133 cm³/mol. The number of halogens is 3. The van der Waals surface area contributed by atoms with Crippen molar-refractivity contribution in [3.8, 4) is 28.1 Å². The summed E-state index contributed by atoms with van der Waals surface area (Å²) in [7, 11) is 1.85. The maximum Gasteiger partial charge on any atom is 0.219 e. The summed E-state index contributed by atoms with van der Waals surface area (Å²) in [6, 6.07) is 5.39. The van der Waals surface area contributed by atoms with Crippen molar-refractivity contribution in [2.75, 3.05) is 0 Å². The minimum absolute atomic E-state index is 0.0502. The smallest absolute Gasteiger partial charge is 0.219 e. The number of aromatic nitrogens is 11. The highest BCUT2D eigenvalue weighted by molar-refractivity contribution is 6.31. The molecule has 0 bridgehead atoms. The second-order valence-corrected chi connectivity index (χ2v) is 9.08. The molecule has 0 saturated carbocycles. The Balaban J connectivity index is 1.44. The highest BCUT2D eigenvalue weighted by Crippen LogP contribution is 2.33. The Morgan fingerprint density at radius 3 is 2.59 bits per heavy atom. The maximum absolute atomic E-state index is 15.3. The minimum Gasteiger partial charge on any atom is -0.618 e. The molecular formula is C24H18ClF2N11O. The summed E-state index contributed by atoms with van der Waals surface area (Å²) in [6.07, 6.45) is 11.6. The molecule has 0 aliphatic rings. The first kappa shape index (κ1) is 24.4. The summed E-state index contributed by atoms with van der Waals surface area (Å²) in [4.78, 5) is 4.13. The topological polar surface area (TPSA) is 124 Å². The van der Waals surface area contributed by atoms with Crippen molar-refractivity contribution in [1.29, 1.82) is 0 Å². The molecule has 0 aliphatic carbocycles. The van der Waals surface area contributed by atoms with Crippen LogP contribution >= 0.6 is 11.6 Å². The summed E-state index contributed by atoms with van der Waals surface area (Å²) in [5.74, 6) is -1.24. The molecule has 0 aliphatic heterocycles. The van der Waals surface area contributed by atoms with Gasteiger partial charge in [0, 0.05) is 24.9 Å². The van der Waals surface area contributed by atoms with Crippen LogP contribution in [0.25, 0.3) is 28.1 Å². The van der Waals surface area contributed by atoms with Gasteiger partial charge in [0.15, 0.2) is 23.9 Å². The summed E-state index contributed by atoms with van der Waals surface area (Å²) in [5, 5.41) is 32.9. The second kappa shape index (κ2) is 9.72. The van der Waals surface area contributed by atoms with Crippen LogP contribution in [0, 0.1) is 16.8 Å². The van der Waals surface area contributed by atoms with E-state index in [0.29, 0.717) is 10.4 Å². The van der Waals surface area contributed by atoms with Crippen LogP contribution in [0.15, 0.2) is 74.1 Å². The fourth-order valence-corrected chi connectivity index (χ4v) is 4.54. The molecule has 5 aromatic heterocycles. The van der Waals surface area contributed by atoms with E-state index in [1.807, 2.05) is 11.6 Å².